The molecule has 1 heterocycles. The van der Waals surface area contributed by atoms with Crippen LogP contribution >= 0.6 is 23.2 Å². The Hall–Kier alpha value is -3.34. The number of nitro groups is 1. The number of urea groups is 1. The van der Waals surface area contributed by atoms with Gasteiger partial charge in [-0.3, -0.25) is 10.1 Å². The van der Waals surface area contributed by atoms with Crippen molar-refractivity contribution in [3.8, 4) is 0 Å². The van der Waals surface area contributed by atoms with Gasteiger partial charge in [-0.2, -0.15) is 13.2 Å². The molecule has 3 aromatic rings. The van der Waals surface area contributed by atoms with Crippen LogP contribution in [-0.4, -0.2) is 35.0 Å². The number of rotatable bonds is 6. The third-order valence-electron chi connectivity index (χ3n) is 5.58. The summed E-state index contributed by atoms with van der Waals surface area (Å²) in [5, 5.41) is 14.0. The molecule has 12 heteroatoms. The first-order valence-corrected chi connectivity index (χ1v) is 11.4. The smallest absolute Gasteiger partial charge is 0.362 e. The number of alkyl halides is 3. The van der Waals surface area contributed by atoms with Crippen LogP contribution in [-0.2, 0) is 10.9 Å². The number of nitrogens with one attached hydrogen (secondary N) is 1. The van der Waals surface area contributed by atoms with Gasteiger partial charge in [0.25, 0.3) is 5.69 Å². The molecule has 0 saturated carbocycles. The number of hydrogen-bond donors (Lipinski definition) is 1. The predicted molar refractivity (Wildman–Crippen MR) is 128 cm³/mol. The summed E-state index contributed by atoms with van der Waals surface area (Å²) in [7, 11) is 0. The lowest BCUT2D eigenvalue weighted by Gasteiger charge is -2.41. The fraction of sp³-hybridized carbons (Fsp3) is 0.208. The van der Waals surface area contributed by atoms with Crippen LogP contribution in [0, 0.1) is 10.1 Å². The van der Waals surface area contributed by atoms with Crippen molar-refractivity contribution in [1.82, 2.24) is 4.90 Å². The van der Waals surface area contributed by atoms with E-state index >= 15 is 0 Å². The molecular formula is C24H18Cl2F3N3O4. The third kappa shape index (κ3) is 5.72. The van der Waals surface area contributed by atoms with Gasteiger partial charge < -0.3 is 15.0 Å². The molecule has 0 aliphatic carbocycles. The third-order valence-corrected chi connectivity index (χ3v) is 6.15. The van der Waals surface area contributed by atoms with Gasteiger partial charge in [-0.15, -0.1) is 0 Å². The lowest BCUT2D eigenvalue weighted by molar-refractivity contribution is -0.384. The summed E-state index contributed by atoms with van der Waals surface area (Å²) in [6.07, 6.45) is -6.18. The molecule has 0 radical (unpaired) electrons. The summed E-state index contributed by atoms with van der Waals surface area (Å²) >= 11 is 11.7. The lowest BCUT2D eigenvalue weighted by Crippen LogP contribution is -2.56. The van der Waals surface area contributed by atoms with Crippen molar-refractivity contribution in [2.24, 2.45) is 0 Å². The van der Waals surface area contributed by atoms with E-state index in [9.17, 15) is 28.1 Å². The van der Waals surface area contributed by atoms with Gasteiger partial charge >= 0.3 is 12.2 Å². The Morgan fingerprint density at radius 3 is 2.39 bits per heavy atom. The summed E-state index contributed by atoms with van der Waals surface area (Å²) in [6.45, 7) is 0.222. The maximum atomic E-state index is 13.7. The minimum Gasteiger partial charge on any atom is -0.362 e. The number of halogens is 5. The van der Waals surface area contributed by atoms with Crippen molar-refractivity contribution < 1.29 is 27.6 Å². The molecule has 3 aromatic carbocycles. The van der Waals surface area contributed by atoms with E-state index in [-0.39, 0.29) is 35.1 Å². The van der Waals surface area contributed by atoms with Crippen LogP contribution in [0.25, 0.3) is 0 Å². The Balaban J connectivity index is 1.48. The van der Waals surface area contributed by atoms with Gasteiger partial charge in [-0.25, -0.2) is 4.79 Å². The SMILES string of the molecule is O=C(Nc1ccc(Cl)c([N+](=O)[O-])c1)N1CC(OC(c2ccc(Cl)cc2)c2ccccc2C(F)(F)F)C1. The molecule has 188 valence electrons. The van der Waals surface area contributed by atoms with Crippen molar-refractivity contribution in [3.05, 3.63) is 104 Å². The minimum absolute atomic E-state index is 0.0521. The number of ether oxygens (including phenoxy) is 1. The van der Waals surface area contributed by atoms with Crippen molar-refractivity contribution in [1.29, 1.82) is 0 Å². The van der Waals surface area contributed by atoms with Crippen LogP contribution in [0.1, 0.15) is 22.8 Å². The topological polar surface area (TPSA) is 84.7 Å². The van der Waals surface area contributed by atoms with Crippen molar-refractivity contribution >= 4 is 40.6 Å². The normalized spacial score (nSPS) is 14.8. The Morgan fingerprint density at radius 1 is 1.08 bits per heavy atom. The highest BCUT2D eigenvalue weighted by atomic mass is 35.5. The molecule has 2 amide bonds. The molecule has 7 nitrogen and oxygen atoms in total. The average Bonchev–Trinajstić information content (AvgIpc) is 2.79. The molecule has 1 unspecified atom stereocenters. The second-order valence-electron chi connectivity index (χ2n) is 8.03. The van der Waals surface area contributed by atoms with Gasteiger partial charge in [-0.05, 0) is 41.5 Å². The monoisotopic (exact) mass is 539 g/mol. The maximum absolute atomic E-state index is 13.7. The Kier molecular flexibility index (Phi) is 7.39. The van der Waals surface area contributed by atoms with Crippen molar-refractivity contribution in [2.45, 2.75) is 18.4 Å². The molecule has 4 rings (SSSR count). The van der Waals surface area contributed by atoms with Gasteiger partial charge in [0.1, 0.15) is 11.1 Å². The second kappa shape index (κ2) is 10.3. The van der Waals surface area contributed by atoms with Crippen LogP contribution < -0.4 is 5.32 Å². The van der Waals surface area contributed by atoms with E-state index in [0.717, 1.165) is 12.1 Å². The number of likely N-dealkylation sites (tertiary alicyclic amines) is 1. The van der Waals surface area contributed by atoms with Gasteiger partial charge in [0.15, 0.2) is 0 Å². The van der Waals surface area contributed by atoms with E-state index in [2.05, 4.69) is 5.32 Å². The minimum atomic E-state index is -4.59. The molecule has 1 fully saturated rings. The highest BCUT2D eigenvalue weighted by Crippen LogP contribution is 2.39. The molecule has 1 N–H and O–H groups in total. The van der Waals surface area contributed by atoms with Crippen molar-refractivity contribution in [2.75, 3.05) is 18.4 Å². The summed E-state index contributed by atoms with van der Waals surface area (Å²) in [6, 6.07) is 14.8. The van der Waals surface area contributed by atoms with E-state index < -0.39 is 34.9 Å². The Morgan fingerprint density at radius 2 is 1.75 bits per heavy atom. The maximum Gasteiger partial charge on any atom is 0.416 e. The standard InChI is InChI=1S/C24H18Cl2F3N3O4/c25-15-7-5-14(6-8-15)22(18-3-1-2-4-19(18)24(27,28)29)36-17-12-31(13-17)23(33)30-16-9-10-20(26)21(11-16)32(34)35/h1-11,17,22H,12-13H2,(H,30,33). The van der Waals surface area contributed by atoms with Crippen molar-refractivity contribution in [3.63, 3.8) is 0 Å². The zero-order valence-electron chi connectivity index (χ0n) is 18.3. The van der Waals surface area contributed by atoms with Crippen LogP contribution in [0.5, 0.6) is 0 Å². The molecule has 1 atom stereocenters. The van der Waals surface area contributed by atoms with Crippen LogP contribution in [0.4, 0.5) is 29.3 Å². The number of carbonyl (C=O) groups excluding carboxylic acids is 1. The predicted octanol–water partition coefficient (Wildman–Crippen LogP) is 6.94. The lowest BCUT2D eigenvalue weighted by atomic mass is 9.95. The second-order valence-corrected chi connectivity index (χ2v) is 8.88. The molecule has 1 aliphatic rings. The number of anilines is 1. The molecular weight excluding hydrogens is 522 g/mol. The molecule has 1 aliphatic heterocycles. The Labute approximate surface area is 213 Å². The van der Waals surface area contributed by atoms with Crippen LogP contribution in [0.2, 0.25) is 10.0 Å². The number of nitro benzene ring substituents is 1. The van der Waals surface area contributed by atoms with E-state index in [4.69, 9.17) is 27.9 Å². The number of benzene rings is 3. The van der Waals surface area contributed by atoms with Gasteiger partial charge in [0.2, 0.25) is 0 Å². The molecule has 0 spiro atoms. The summed E-state index contributed by atoms with van der Waals surface area (Å²) < 4.78 is 47.2. The highest BCUT2D eigenvalue weighted by Gasteiger charge is 2.39. The highest BCUT2D eigenvalue weighted by molar-refractivity contribution is 6.32. The first-order chi connectivity index (χ1) is 17.0. The molecule has 1 saturated heterocycles. The van der Waals surface area contributed by atoms with Gasteiger partial charge in [0.05, 0.1) is 29.7 Å². The zero-order chi connectivity index (χ0) is 26.0. The van der Waals surface area contributed by atoms with Crippen LogP contribution in [0.3, 0.4) is 0 Å². The quantitative estimate of drug-likeness (QED) is 0.271. The number of hydrogen-bond acceptors (Lipinski definition) is 4. The van der Waals surface area contributed by atoms with Gasteiger partial charge in [-0.1, -0.05) is 53.5 Å². The summed E-state index contributed by atoms with van der Waals surface area (Å²) in [4.78, 5) is 24.3. The van der Waals surface area contributed by atoms with E-state index in [1.54, 1.807) is 24.3 Å². The molecule has 0 aromatic heterocycles. The van der Waals surface area contributed by atoms with E-state index in [0.29, 0.717) is 10.6 Å². The van der Waals surface area contributed by atoms with E-state index in [1.807, 2.05) is 0 Å². The summed E-state index contributed by atoms with van der Waals surface area (Å²) in [5.74, 6) is 0. The summed E-state index contributed by atoms with van der Waals surface area (Å²) in [5.41, 5.74) is -0.564. The zero-order valence-corrected chi connectivity index (χ0v) is 19.8. The first-order valence-electron chi connectivity index (χ1n) is 10.6. The fourth-order valence-electron chi connectivity index (χ4n) is 3.77. The number of nitrogens with zero attached hydrogens (tertiary/aromatic N) is 2. The van der Waals surface area contributed by atoms with E-state index in [1.165, 1.54) is 35.2 Å². The molecule has 0 bridgehead atoms. The average molecular weight is 540 g/mol. The fourth-order valence-corrected chi connectivity index (χ4v) is 4.08. The largest absolute Gasteiger partial charge is 0.416 e. The number of amides is 2. The Bertz CT molecular complexity index is 1280. The first kappa shape index (κ1) is 25.7. The van der Waals surface area contributed by atoms with Crippen LogP contribution in [0.15, 0.2) is 66.7 Å². The molecule has 36 heavy (non-hydrogen) atoms. The number of carbonyl (C=O) groups is 1. The van der Waals surface area contributed by atoms with Gasteiger partial charge in [0, 0.05) is 16.8 Å².